The summed E-state index contributed by atoms with van der Waals surface area (Å²) < 4.78 is 3.38. The van der Waals surface area contributed by atoms with Crippen molar-refractivity contribution in [2.75, 3.05) is 12.3 Å². The van der Waals surface area contributed by atoms with E-state index in [-0.39, 0.29) is 19.0 Å². The lowest BCUT2D eigenvalue weighted by molar-refractivity contribution is 0.100. The standard InChI is InChI=1S/C17H16ClN7O2/c1-24-10-6-8(16(20)27)2-3-9(10)12(18)14(24)13-11-15(19)21-7-22-17(11)25(23-13)4-5-26/h2-3,6-7,26H,4-5H2,1H3,(H2,20,27)(H2,19,21,22). The van der Waals surface area contributed by atoms with Crippen molar-refractivity contribution in [1.29, 1.82) is 0 Å². The minimum Gasteiger partial charge on any atom is -0.394 e. The van der Waals surface area contributed by atoms with Gasteiger partial charge in [0.1, 0.15) is 17.8 Å². The number of aliphatic hydroxyl groups excluding tert-OH is 1. The lowest BCUT2D eigenvalue weighted by Gasteiger charge is -2.04. The third kappa shape index (κ3) is 2.51. The summed E-state index contributed by atoms with van der Waals surface area (Å²) in [7, 11) is 1.81. The molecule has 0 aliphatic heterocycles. The summed E-state index contributed by atoms with van der Waals surface area (Å²) in [5.74, 6) is -0.260. The molecule has 0 saturated carbocycles. The molecule has 138 valence electrons. The summed E-state index contributed by atoms with van der Waals surface area (Å²) in [6.45, 7) is 0.144. The van der Waals surface area contributed by atoms with Crippen LogP contribution in [0, 0.1) is 0 Å². The Morgan fingerprint density at radius 2 is 2.11 bits per heavy atom. The fraction of sp³-hybridized carbons (Fsp3) is 0.176. The number of nitrogen functional groups attached to an aromatic ring is 1. The number of aryl methyl sites for hydroxylation is 1. The predicted molar refractivity (Wildman–Crippen MR) is 102 cm³/mol. The van der Waals surface area contributed by atoms with Crippen molar-refractivity contribution in [3.8, 4) is 11.4 Å². The minimum atomic E-state index is -0.522. The molecule has 0 bridgehead atoms. The number of anilines is 1. The Balaban J connectivity index is 2.07. The number of primary amides is 1. The van der Waals surface area contributed by atoms with Gasteiger partial charge in [-0.3, -0.25) is 4.79 Å². The summed E-state index contributed by atoms with van der Waals surface area (Å²) in [5.41, 5.74) is 14.2. The van der Waals surface area contributed by atoms with Crippen molar-refractivity contribution in [2.24, 2.45) is 12.8 Å². The molecule has 3 heterocycles. The maximum absolute atomic E-state index is 11.5. The number of carbonyl (C=O) groups is 1. The van der Waals surface area contributed by atoms with Gasteiger partial charge in [0.05, 0.1) is 34.8 Å². The molecular formula is C17H16ClN7O2. The fourth-order valence-corrected chi connectivity index (χ4v) is 3.63. The number of nitrogens with zero attached hydrogens (tertiary/aromatic N) is 5. The first-order valence-corrected chi connectivity index (χ1v) is 8.47. The second kappa shape index (κ2) is 6.22. The Labute approximate surface area is 158 Å². The van der Waals surface area contributed by atoms with Crippen LogP contribution < -0.4 is 11.5 Å². The number of fused-ring (bicyclic) bond motifs is 2. The Morgan fingerprint density at radius 3 is 2.81 bits per heavy atom. The first kappa shape index (κ1) is 17.3. The molecule has 3 aromatic heterocycles. The van der Waals surface area contributed by atoms with Gasteiger partial charge in [-0.15, -0.1) is 0 Å². The van der Waals surface area contributed by atoms with Gasteiger partial charge < -0.3 is 21.1 Å². The number of halogens is 1. The molecule has 4 rings (SSSR count). The van der Waals surface area contributed by atoms with Gasteiger partial charge in [0.15, 0.2) is 5.65 Å². The van der Waals surface area contributed by atoms with Crippen LogP contribution in [0.3, 0.4) is 0 Å². The normalized spacial score (nSPS) is 11.5. The van der Waals surface area contributed by atoms with Gasteiger partial charge in [0, 0.05) is 18.0 Å². The van der Waals surface area contributed by atoms with Gasteiger partial charge in [0.2, 0.25) is 5.91 Å². The van der Waals surface area contributed by atoms with Crippen LogP contribution in [0.5, 0.6) is 0 Å². The van der Waals surface area contributed by atoms with Gasteiger partial charge in [-0.25, -0.2) is 14.6 Å². The van der Waals surface area contributed by atoms with E-state index in [2.05, 4.69) is 15.1 Å². The van der Waals surface area contributed by atoms with Gasteiger partial charge in [-0.1, -0.05) is 17.7 Å². The molecule has 5 N–H and O–H groups in total. The fourth-order valence-electron chi connectivity index (χ4n) is 3.25. The number of hydrogen-bond donors (Lipinski definition) is 3. The lowest BCUT2D eigenvalue weighted by atomic mass is 10.1. The van der Waals surface area contributed by atoms with E-state index in [1.807, 2.05) is 11.6 Å². The van der Waals surface area contributed by atoms with Crippen molar-refractivity contribution in [2.45, 2.75) is 6.54 Å². The molecule has 0 atom stereocenters. The highest BCUT2D eigenvalue weighted by molar-refractivity contribution is 6.39. The molecule has 0 aliphatic carbocycles. The number of benzene rings is 1. The summed E-state index contributed by atoms with van der Waals surface area (Å²) in [5, 5.41) is 15.6. The van der Waals surface area contributed by atoms with Gasteiger partial charge >= 0.3 is 0 Å². The number of nitrogens with two attached hydrogens (primary N) is 2. The zero-order valence-electron chi connectivity index (χ0n) is 14.3. The molecule has 27 heavy (non-hydrogen) atoms. The maximum atomic E-state index is 11.5. The third-order valence-corrected chi connectivity index (χ3v) is 4.90. The number of carbonyl (C=O) groups excluding carboxylic acids is 1. The van der Waals surface area contributed by atoms with Crippen molar-refractivity contribution >= 4 is 45.3 Å². The lowest BCUT2D eigenvalue weighted by Crippen LogP contribution is -2.10. The van der Waals surface area contributed by atoms with E-state index in [4.69, 9.17) is 23.1 Å². The first-order valence-electron chi connectivity index (χ1n) is 8.10. The number of hydrogen-bond acceptors (Lipinski definition) is 6. The highest BCUT2D eigenvalue weighted by atomic mass is 35.5. The average molecular weight is 386 g/mol. The average Bonchev–Trinajstić information content (AvgIpc) is 3.12. The van der Waals surface area contributed by atoms with Crippen LogP contribution in [0.15, 0.2) is 24.5 Å². The van der Waals surface area contributed by atoms with E-state index in [1.165, 1.54) is 6.33 Å². The van der Waals surface area contributed by atoms with E-state index in [9.17, 15) is 9.90 Å². The van der Waals surface area contributed by atoms with Crippen molar-refractivity contribution in [1.82, 2.24) is 24.3 Å². The molecule has 0 radical (unpaired) electrons. The Kier molecular flexibility index (Phi) is 3.97. The van der Waals surface area contributed by atoms with E-state index in [0.29, 0.717) is 33.0 Å². The van der Waals surface area contributed by atoms with E-state index >= 15 is 0 Å². The van der Waals surface area contributed by atoms with Gasteiger partial charge in [-0.2, -0.15) is 5.10 Å². The predicted octanol–water partition coefficient (Wildman–Crippen LogP) is 1.31. The molecular weight excluding hydrogens is 370 g/mol. The number of rotatable bonds is 4. The van der Waals surface area contributed by atoms with Gasteiger partial charge in [-0.05, 0) is 12.1 Å². The molecule has 0 unspecified atom stereocenters. The number of amides is 1. The second-order valence-corrected chi connectivity index (χ2v) is 6.45. The van der Waals surface area contributed by atoms with Crippen LogP contribution >= 0.6 is 11.6 Å². The molecule has 0 aliphatic rings. The number of aliphatic hydroxyl groups is 1. The highest BCUT2D eigenvalue weighted by Gasteiger charge is 2.24. The minimum absolute atomic E-state index is 0.106. The summed E-state index contributed by atoms with van der Waals surface area (Å²) >= 11 is 6.65. The topological polar surface area (TPSA) is 138 Å². The maximum Gasteiger partial charge on any atom is 0.248 e. The smallest absolute Gasteiger partial charge is 0.248 e. The molecule has 0 spiro atoms. The van der Waals surface area contributed by atoms with Crippen LogP contribution in [-0.4, -0.2) is 41.9 Å². The molecule has 0 saturated heterocycles. The molecule has 1 aromatic carbocycles. The first-order chi connectivity index (χ1) is 12.9. The summed E-state index contributed by atoms with van der Waals surface area (Å²) in [6, 6.07) is 5.05. The zero-order valence-corrected chi connectivity index (χ0v) is 15.1. The molecule has 4 aromatic rings. The molecule has 0 fully saturated rings. The second-order valence-electron chi connectivity index (χ2n) is 6.07. The third-order valence-electron chi connectivity index (χ3n) is 4.52. The van der Waals surface area contributed by atoms with Crippen LogP contribution in [-0.2, 0) is 13.6 Å². The monoisotopic (exact) mass is 385 g/mol. The Hall–Kier alpha value is -3.17. The van der Waals surface area contributed by atoms with Crippen LogP contribution in [0.2, 0.25) is 5.02 Å². The summed E-state index contributed by atoms with van der Waals surface area (Å²) in [4.78, 5) is 19.8. The van der Waals surface area contributed by atoms with E-state index in [0.717, 1.165) is 10.9 Å². The SMILES string of the molecule is Cn1c(-c2nn(CCO)c3ncnc(N)c23)c(Cl)c2ccc(C(N)=O)cc21. The highest BCUT2D eigenvalue weighted by Crippen LogP contribution is 2.40. The Morgan fingerprint density at radius 1 is 1.33 bits per heavy atom. The van der Waals surface area contributed by atoms with Crippen LogP contribution in [0.1, 0.15) is 10.4 Å². The Bertz CT molecular complexity index is 1210. The molecule has 1 amide bonds. The van der Waals surface area contributed by atoms with Crippen molar-refractivity contribution < 1.29 is 9.90 Å². The molecule has 10 heteroatoms. The van der Waals surface area contributed by atoms with E-state index in [1.54, 1.807) is 22.9 Å². The summed E-state index contributed by atoms with van der Waals surface area (Å²) in [6.07, 6.45) is 1.35. The zero-order chi connectivity index (χ0) is 19.3. The van der Waals surface area contributed by atoms with Crippen molar-refractivity contribution in [3.63, 3.8) is 0 Å². The van der Waals surface area contributed by atoms with Crippen LogP contribution in [0.25, 0.3) is 33.3 Å². The van der Waals surface area contributed by atoms with Crippen molar-refractivity contribution in [3.05, 3.63) is 35.1 Å². The van der Waals surface area contributed by atoms with Crippen LogP contribution in [0.4, 0.5) is 5.82 Å². The number of aromatic nitrogens is 5. The van der Waals surface area contributed by atoms with E-state index < -0.39 is 5.91 Å². The largest absolute Gasteiger partial charge is 0.394 e. The molecule has 9 nitrogen and oxygen atoms in total. The van der Waals surface area contributed by atoms with Gasteiger partial charge in [0.25, 0.3) is 0 Å². The quantitative estimate of drug-likeness (QED) is 0.484.